The van der Waals surface area contributed by atoms with Crippen LogP contribution in [0.2, 0.25) is 0 Å². The molecule has 0 radical (unpaired) electrons. The van der Waals surface area contributed by atoms with Crippen LogP contribution in [0.1, 0.15) is 24.4 Å². The van der Waals surface area contributed by atoms with Crippen molar-refractivity contribution in [2.24, 2.45) is 5.73 Å². The number of nitrogens with one attached hydrogen (secondary N) is 1. The normalized spacial score (nSPS) is 21.6. The van der Waals surface area contributed by atoms with Gasteiger partial charge in [0.25, 0.3) is 0 Å². The Morgan fingerprint density at radius 3 is 2.75 bits per heavy atom. The monoisotopic (exact) mass is 220 g/mol. The summed E-state index contributed by atoms with van der Waals surface area (Å²) in [6.07, 6.45) is 2.03. The highest BCUT2D eigenvalue weighted by Gasteiger charge is 2.27. The van der Waals surface area contributed by atoms with Crippen molar-refractivity contribution in [2.45, 2.75) is 25.0 Å². The van der Waals surface area contributed by atoms with E-state index in [9.17, 15) is 4.79 Å². The molecule has 3 N–H and O–H groups in total. The summed E-state index contributed by atoms with van der Waals surface area (Å²) in [4.78, 5) is 11.0. The molecular weight excluding hydrogens is 204 g/mol. The zero-order chi connectivity index (χ0) is 11.4. The first-order valence-electron chi connectivity index (χ1n) is 5.50. The van der Waals surface area contributed by atoms with Crippen molar-refractivity contribution in [3.8, 4) is 0 Å². The Balaban J connectivity index is 2.16. The minimum absolute atomic E-state index is 0.0369. The predicted molar refractivity (Wildman–Crippen MR) is 60.9 cm³/mol. The first kappa shape index (κ1) is 11.0. The minimum atomic E-state index is -0.510. The van der Waals surface area contributed by atoms with Crippen LogP contribution in [0.25, 0.3) is 0 Å². The Labute approximate surface area is 94.8 Å². The third kappa shape index (κ3) is 2.52. The molecule has 16 heavy (non-hydrogen) atoms. The van der Waals surface area contributed by atoms with Crippen LogP contribution >= 0.6 is 0 Å². The largest absolute Gasteiger partial charge is 0.376 e. The molecule has 0 unspecified atom stereocenters. The number of amides is 2. The van der Waals surface area contributed by atoms with Crippen molar-refractivity contribution < 1.29 is 9.53 Å². The van der Waals surface area contributed by atoms with Gasteiger partial charge in [-0.3, -0.25) is 0 Å². The van der Waals surface area contributed by atoms with Crippen LogP contribution in [-0.2, 0) is 4.74 Å². The quantitative estimate of drug-likeness (QED) is 0.812. The van der Waals surface area contributed by atoms with Gasteiger partial charge in [-0.2, -0.15) is 0 Å². The molecule has 1 aromatic rings. The fourth-order valence-corrected chi connectivity index (χ4v) is 2.07. The summed E-state index contributed by atoms with van der Waals surface area (Å²) in [6.45, 7) is 0.758. The van der Waals surface area contributed by atoms with E-state index in [2.05, 4.69) is 5.32 Å². The fourth-order valence-electron chi connectivity index (χ4n) is 2.07. The topological polar surface area (TPSA) is 64.4 Å². The van der Waals surface area contributed by atoms with Gasteiger partial charge in [-0.05, 0) is 18.4 Å². The van der Waals surface area contributed by atoms with Gasteiger partial charge in [-0.25, -0.2) is 4.79 Å². The first-order chi connectivity index (χ1) is 7.77. The maximum absolute atomic E-state index is 11.0. The molecule has 4 heteroatoms. The smallest absolute Gasteiger partial charge is 0.312 e. The lowest BCUT2D eigenvalue weighted by atomic mass is 9.99. The third-order valence-corrected chi connectivity index (χ3v) is 2.79. The van der Waals surface area contributed by atoms with Crippen molar-refractivity contribution in [3.63, 3.8) is 0 Å². The van der Waals surface area contributed by atoms with Gasteiger partial charge >= 0.3 is 6.03 Å². The first-order valence-corrected chi connectivity index (χ1v) is 5.50. The van der Waals surface area contributed by atoms with E-state index in [-0.39, 0.29) is 12.1 Å². The Bertz CT molecular complexity index is 347. The predicted octanol–water partition coefficient (Wildman–Crippen LogP) is 1.57. The van der Waals surface area contributed by atoms with Gasteiger partial charge < -0.3 is 15.8 Å². The summed E-state index contributed by atoms with van der Waals surface area (Å²) in [6, 6.07) is 9.13. The highest BCUT2D eigenvalue weighted by molar-refractivity contribution is 5.72. The Hall–Kier alpha value is -1.55. The van der Waals surface area contributed by atoms with Crippen LogP contribution in [0.15, 0.2) is 30.3 Å². The molecule has 0 saturated carbocycles. The molecule has 2 rings (SSSR count). The van der Waals surface area contributed by atoms with Gasteiger partial charge in [0.15, 0.2) is 0 Å². The second-order valence-corrected chi connectivity index (χ2v) is 3.95. The van der Waals surface area contributed by atoms with Crippen LogP contribution < -0.4 is 11.1 Å². The summed E-state index contributed by atoms with van der Waals surface area (Å²) >= 11 is 0. The van der Waals surface area contributed by atoms with Gasteiger partial charge in [0.1, 0.15) is 0 Å². The number of hydrogen-bond donors (Lipinski definition) is 2. The van der Waals surface area contributed by atoms with E-state index < -0.39 is 6.03 Å². The molecule has 86 valence electrons. The molecule has 1 saturated heterocycles. The zero-order valence-corrected chi connectivity index (χ0v) is 9.06. The molecule has 1 heterocycles. The Kier molecular flexibility index (Phi) is 3.41. The van der Waals surface area contributed by atoms with Crippen LogP contribution in [-0.4, -0.2) is 18.7 Å². The molecule has 0 spiro atoms. The second kappa shape index (κ2) is 4.99. The lowest BCUT2D eigenvalue weighted by Gasteiger charge is -2.23. The van der Waals surface area contributed by atoms with E-state index >= 15 is 0 Å². The molecule has 0 bridgehead atoms. The minimum Gasteiger partial charge on any atom is -0.376 e. The van der Waals surface area contributed by atoms with E-state index in [1.807, 2.05) is 30.3 Å². The van der Waals surface area contributed by atoms with Crippen LogP contribution in [0.4, 0.5) is 4.79 Å². The van der Waals surface area contributed by atoms with Gasteiger partial charge in [-0.15, -0.1) is 0 Å². The summed E-state index contributed by atoms with van der Waals surface area (Å²) in [5.74, 6) is 0. The number of rotatable bonds is 3. The van der Waals surface area contributed by atoms with E-state index in [1.54, 1.807) is 0 Å². The van der Waals surface area contributed by atoms with E-state index in [1.165, 1.54) is 0 Å². The molecular formula is C12H16N2O2. The second-order valence-electron chi connectivity index (χ2n) is 3.95. The zero-order valence-electron chi connectivity index (χ0n) is 9.06. The molecule has 2 amide bonds. The molecule has 2 atom stereocenters. The van der Waals surface area contributed by atoms with Gasteiger partial charge in [0.05, 0.1) is 12.1 Å². The molecule has 1 fully saturated rings. The average molecular weight is 220 g/mol. The average Bonchev–Trinajstić information content (AvgIpc) is 2.80. The third-order valence-electron chi connectivity index (χ3n) is 2.79. The van der Waals surface area contributed by atoms with Gasteiger partial charge in [-0.1, -0.05) is 30.3 Å². The summed E-state index contributed by atoms with van der Waals surface area (Å²) in [5, 5.41) is 2.75. The van der Waals surface area contributed by atoms with Gasteiger partial charge in [0.2, 0.25) is 0 Å². The van der Waals surface area contributed by atoms with Crippen LogP contribution in [0.3, 0.4) is 0 Å². The number of nitrogens with two attached hydrogens (primary N) is 1. The van der Waals surface area contributed by atoms with Crippen molar-refractivity contribution >= 4 is 6.03 Å². The Morgan fingerprint density at radius 1 is 1.44 bits per heavy atom. The number of carbonyl (C=O) groups is 1. The number of urea groups is 1. The van der Waals surface area contributed by atoms with Crippen molar-refractivity contribution in [1.82, 2.24) is 5.32 Å². The van der Waals surface area contributed by atoms with E-state index in [0.29, 0.717) is 0 Å². The van der Waals surface area contributed by atoms with Crippen molar-refractivity contribution in [3.05, 3.63) is 35.9 Å². The molecule has 0 aromatic heterocycles. The molecule has 1 aromatic carbocycles. The lowest BCUT2D eigenvalue weighted by molar-refractivity contribution is 0.0813. The van der Waals surface area contributed by atoms with E-state index in [4.69, 9.17) is 10.5 Å². The number of hydrogen-bond acceptors (Lipinski definition) is 2. The highest BCUT2D eigenvalue weighted by atomic mass is 16.5. The van der Waals surface area contributed by atoms with Crippen LogP contribution in [0, 0.1) is 0 Å². The lowest BCUT2D eigenvalue weighted by Crippen LogP contribution is -2.39. The molecule has 4 nitrogen and oxygen atoms in total. The van der Waals surface area contributed by atoms with E-state index in [0.717, 1.165) is 25.0 Å². The Morgan fingerprint density at radius 2 is 2.19 bits per heavy atom. The maximum Gasteiger partial charge on any atom is 0.312 e. The van der Waals surface area contributed by atoms with Crippen LogP contribution in [0.5, 0.6) is 0 Å². The number of ether oxygens (including phenoxy) is 1. The molecule has 1 aliphatic rings. The number of primary amides is 1. The molecule has 0 aliphatic carbocycles. The summed E-state index contributed by atoms with van der Waals surface area (Å²) in [5.41, 5.74) is 6.23. The van der Waals surface area contributed by atoms with Gasteiger partial charge in [0, 0.05) is 6.61 Å². The highest BCUT2D eigenvalue weighted by Crippen LogP contribution is 2.26. The standard InChI is InChI=1S/C12H16N2O2/c13-12(15)14-11(10-7-4-8-16-10)9-5-2-1-3-6-9/h1-3,5-6,10-11H,4,7-8H2,(H3,13,14,15)/t10-,11+/m0/s1. The van der Waals surface area contributed by atoms with Crippen molar-refractivity contribution in [1.29, 1.82) is 0 Å². The number of benzene rings is 1. The van der Waals surface area contributed by atoms with Crippen molar-refractivity contribution in [2.75, 3.05) is 6.61 Å². The SMILES string of the molecule is NC(=O)N[C@H](c1ccccc1)[C@@H]1CCCO1. The summed E-state index contributed by atoms with van der Waals surface area (Å²) in [7, 11) is 0. The fraction of sp³-hybridized carbons (Fsp3) is 0.417. The molecule has 1 aliphatic heterocycles. The maximum atomic E-state index is 11.0. The summed E-state index contributed by atoms with van der Waals surface area (Å²) < 4.78 is 5.60. The number of carbonyl (C=O) groups excluding carboxylic acids is 1.